The average Bonchev–Trinajstić information content (AvgIpc) is 2.71. The molecule has 0 amide bonds. The lowest BCUT2D eigenvalue weighted by Gasteiger charge is -2.05. The van der Waals surface area contributed by atoms with Crippen LogP contribution in [0.25, 0.3) is 0 Å². The summed E-state index contributed by atoms with van der Waals surface area (Å²) in [5, 5.41) is 8.65. The minimum absolute atomic E-state index is 0.178. The highest BCUT2D eigenvalue weighted by molar-refractivity contribution is 7.85. The third-order valence-corrected chi connectivity index (χ3v) is 4.99. The van der Waals surface area contributed by atoms with Gasteiger partial charge in [0.1, 0.15) is 17.2 Å². The van der Waals surface area contributed by atoms with Crippen molar-refractivity contribution in [2.75, 3.05) is 6.61 Å². The van der Waals surface area contributed by atoms with Crippen LogP contribution >= 0.6 is 11.3 Å². The quantitative estimate of drug-likeness (QED) is 0.680. The fourth-order valence-electron chi connectivity index (χ4n) is 1.55. The Morgan fingerprint density at radius 1 is 1.24 bits per heavy atom. The van der Waals surface area contributed by atoms with E-state index < -0.39 is 10.1 Å². The van der Waals surface area contributed by atoms with Crippen LogP contribution in [0.2, 0.25) is 0 Å². The molecule has 0 aliphatic rings. The Hall–Kier alpha value is -1.28. The first-order chi connectivity index (χ1) is 9.75. The summed E-state index contributed by atoms with van der Waals surface area (Å²) in [5.74, 6) is 0. The fourth-order valence-corrected chi connectivity index (χ4v) is 2.99. The molecule has 0 aliphatic heterocycles. The summed E-state index contributed by atoms with van der Waals surface area (Å²) in [6, 6.07) is 5.78. The SMILES string of the molecule is Cc1c(CCO)sc[n+]1C.Cc1ccc(S(=O)(=O)[O-])cc1. The molecule has 0 bridgehead atoms. The number of aliphatic hydroxyl groups is 1. The van der Waals surface area contributed by atoms with E-state index in [1.807, 2.05) is 14.0 Å². The van der Waals surface area contributed by atoms with Crippen molar-refractivity contribution in [1.29, 1.82) is 0 Å². The van der Waals surface area contributed by atoms with Gasteiger partial charge in [-0.05, 0) is 19.1 Å². The lowest BCUT2D eigenvalue weighted by molar-refractivity contribution is -0.673. The van der Waals surface area contributed by atoms with Gasteiger partial charge < -0.3 is 9.66 Å². The third kappa shape index (κ3) is 5.55. The minimum Gasteiger partial charge on any atom is -0.744 e. The van der Waals surface area contributed by atoms with Crippen molar-refractivity contribution in [3.63, 3.8) is 0 Å². The zero-order valence-electron chi connectivity index (χ0n) is 12.2. The molecule has 5 nitrogen and oxygen atoms in total. The molecular weight excluding hydrogens is 310 g/mol. The molecule has 0 fully saturated rings. The van der Waals surface area contributed by atoms with Gasteiger partial charge in [-0.15, -0.1) is 0 Å². The van der Waals surface area contributed by atoms with Crippen LogP contribution in [0.5, 0.6) is 0 Å². The molecule has 0 radical (unpaired) electrons. The Kier molecular flexibility index (Phi) is 6.47. The molecule has 2 aromatic rings. The molecule has 0 spiro atoms. The predicted molar refractivity (Wildman–Crippen MR) is 80.2 cm³/mol. The van der Waals surface area contributed by atoms with Gasteiger partial charge in [-0.25, -0.2) is 8.42 Å². The number of aliphatic hydroxyl groups excluding tert-OH is 1. The van der Waals surface area contributed by atoms with Crippen molar-refractivity contribution in [2.45, 2.75) is 25.2 Å². The van der Waals surface area contributed by atoms with Gasteiger partial charge >= 0.3 is 0 Å². The Morgan fingerprint density at radius 2 is 1.81 bits per heavy atom. The summed E-state index contributed by atoms with van der Waals surface area (Å²) < 4.78 is 33.2. The maximum atomic E-state index is 10.4. The molecule has 0 aliphatic carbocycles. The molecule has 0 atom stereocenters. The van der Waals surface area contributed by atoms with Gasteiger partial charge in [0.15, 0.2) is 5.69 Å². The maximum Gasteiger partial charge on any atom is 0.224 e. The van der Waals surface area contributed by atoms with Crippen molar-refractivity contribution >= 4 is 21.5 Å². The summed E-state index contributed by atoms with van der Waals surface area (Å²) in [6.45, 7) is 4.14. The molecule has 0 unspecified atom stereocenters. The Labute approximate surface area is 129 Å². The highest BCUT2D eigenvalue weighted by atomic mass is 32.2. The van der Waals surface area contributed by atoms with Crippen LogP contribution in [0.3, 0.4) is 0 Å². The molecule has 1 aromatic carbocycles. The fraction of sp³-hybridized carbons (Fsp3) is 0.357. The highest BCUT2D eigenvalue weighted by Crippen LogP contribution is 2.10. The van der Waals surface area contributed by atoms with Crippen LogP contribution in [0.4, 0.5) is 0 Å². The lowest BCUT2D eigenvalue weighted by Crippen LogP contribution is -2.28. The van der Waals surface area contributed by atoms with Gasteiger partial charge in [0, 0.05) is 20.0 Å². The monoisotopic (exact) mass is 329 g/mol. The van der Waals surface area contributed by atoms with Crippen LogP contribution in [0.1, 0.15) is 16.1 Å². The van der Waals surface area contributed by atoms with Gasteiger partial charge in [-0.1, -0.05) is 29.0 Å². The van der Waals surface area contributed by atoms with Crippen molar-refractivity contribution in [3.8, 4) is 0 Å². The smallest absolute Gasteiger partial charge is 0.224 e. The minimum atomic E-state index is -4.27. The van der Waals surface area contributed by atoms with E-state index in [0.717, 1.165) is 12.0 Å². The first-order valence-electron chi connectivity index (χ1n) is 6.31. The van der Waals surface area contributed by atoms with E-state index in [1.165, 1.54) is 22.7 Å². The Bertz CT molecular complexity index is 675. The Morgan fingerprint density at radius 3 is 2.19 bits per heavy atom. The third-order valence-electron chi connectivity index (χ3n) is 2.93. The van der Waals surface area contributed by atoms with E-state index in [2.05, 4.69) is 17.0 Å². The zero-order valence-corrected chi connectivity index (χ0v) is 13.9. The largest absolute Gasteiger partial charge is 0.744 e. The summed E-state index contributed by atoms with van der Waals surface area (Å²) in [4.78, 5) is 1.10. The number of aromatic nitrogens is 1. The maximum absolute atomic E-state index is 10.4. The van der Waals surface area contributed by atoms with Crippen LogP contribution < -0.4 is 4.57 Å². The second-order valence-electron chi connectivity index (χ2n) is 4.58. The first kappa shape index (κ1) is 17.8. The van der Waals surface area contributed by atoms with Crippen LogP contribution in [0.15, 0.2) is 34.7 Å². The highest BCUT2D eigenvalue weighted by Gasteiger charge is 2.09. The van der Waals surface area contributed by atoms with E-state index in [9.17, 15) is 13.0 Å². The molecule has 116 valence electrons. The molecular formula is C14H19NO4S2. The van der Waals surface area contributed by atoms with E-state index in [-0.39, 0.29) is 11.5 Å². The topological polar surface area (TPSA) is 81.3 Å². The van der Waals surface area contributed by atoms with Gasteiger partial charge in [0.25, 0.3) is 0 Å². The number of rotatable bonds is 3. The van der Waals surface area contributed by atoms with E-state index in [1.54, 1.807) is 23.5 Å². The average molecular weight is 329 g/mol. The van der Waals surface area contributed by atoms with Crippen molar-refractivity contribution in [1.82, 2.24) is 0 Å². The number of nitrogens with zero attached hydrogens (tertiary/aromatic N) is 1. The van der Waals surface area contributed by atoms with Crippen LogP contribution in [0, 0.1) is 13.8 Å². The summed E-state index contributed by atoms with van der Waals surface area (Å²) in [6.07, 6.45) is 0.789. The Balaban J connectivity index is 0.000000211. The van der Waals surface area contributed by atoms with Gasteiger partial charge in [-0.3, -0.25) is 0 Å². The number of thiazole rings is 1. The van der Waals surface area contributed by atoms with Crippen molar-refractivity contribution < 1.29 is 22.6 Å². The molecule has 0 saturated carbocycles. The first-order valence-corrected chi connectivity index (χ1v) is 8.60. The second kappa shape index (κ2) is 7.65. The van der Waals surface area contributed by atoms with Crippen LogP contribution in [-0.2, 0) is 23.6 Å². The van der Waals surface area contributed by atoms with Gasteiger partial charge in [0.2, 0.25) is 5.51 Å². The summed E-state index contributed by atoms with van der Waals surface area (Å²) in [7, 11) is -2.25. The molecule has 0 saturated heterocycles. The predicted octanol–water partition coefficient (Wildman–Crippen LogP) is 1.31. The normalized spacial score (nSPS) is 10.9. The standard InChI is InChI=1S/C7H12NOS.C7H8O3S/c1-6-7(3-4-9)10-5-8(6)2;1-6-2-4-7(5-3-6)11(8,9)10/h5,9H,3-4H2,1-2H3;2-5H,1H3,(H,8,9,10)/q+1;/p-1. The molecule has 21 heavy (non-hydrogen) atoms. The van der Waals surface area contributed by atoms with Gasteiger partial charge in [0.05, 0.1) is 9.77 Å². The number of hydrogen-bond donors (Lipinski definition) is 1. The van der Waals surface area contributed by atoms with Crippen LogP contribution in [-0.4, -0.2) is 24.7 Å². The van der Waals surface area contributed by atoms with E-state index in [4.69, 9.17) is 5.11 Å². The second-order valence-corrected chi connectivity index (χ2v) is 6.90. The molecule has 7 heteroatoms. The molecule has 2 rings (SSSR count). The van der Waals surface area contributed by atoms with E-state index in [0.29, 0.717) is 0 Å². The molecule has 1 heterocycles. The summed E-state index contributed by atoms with van der Waals surface area (Å²) in [5.41, 5.74) is 4.25. The van der Waals surface area contributed by atoms with E-state index >= 15 is 0 Å². The van der Waals surface area contributed by atoms with Crippen molar-refractivity contribution in [3.05, 3.63) is 45.9 Å². The zero-order chi connectivity index (χ0) is 16.0. The van der Waals surface area contributed by atoms with Gasteiger partial charge in [-0.2, -0.15) is 4.57 Å². The molecule has 1 aromatic heterocycles. The number of aryl methyl sites for hydroxylation is 2. The lowest BCUT2D eigenvalue weighted by atomic mass is 10.2. The molecule has 1 N–H and O–H groups in total. The number of benzene rings is 1. The number of hydrogen-bond acceptors (Lipinski definition) is 5. The summed E-state index contributed by atoms with van der Waals surface area (Å²) >= 11 is 1.70. The van der Waals surface area contributed by atoms with Crippen molar-refractivity contribution in [2.24, 2.45) is 7.05 Å².